The van der Waals surface area contributed by atoms with Crippen LogP contribution in [0.15, 0.2) is 108 Å². The van der Waals surface area contributed by atoms with Gasteiger partial charge in [-0.1, -0.05) is 78.3 Å². The van der Waals surface area contributed by atoms with Crippen molar-refractivity contribution in [2.24, 2.45) is 0 Å². The Morgan fingerprint density at radius 2 is 1.51 bits per heavy atom. The number of nitrogens with zero attached hydrogens (tertiary/aromatic N) is 1. The summed E-state index contributed by atoms with van der Waals surface area (Å²) in [6.45, 7) is -0.282. The number of anilines is 1. The molecule has 41 heavy (non-hydrogen) atoms. The van der Waals surface area contributed by atoms with Gasteiger partial charge in [0.25, 0.3) is 0 Å². The van der Waals surface area contributed by atoms with Gasteiger partial charge in [0.1, 0.15) is 5.54 Å². The summed E-state index contributed by atoms with van der Waals surface area (Å²) in [6, 6.07) is 28.6. The minimum Gasteiger partial charge on any atom is -0.480 e. The van der Waals surface area contributed by atoms with E-state index in [0.717, 1.165) is 27.3 Å². The van der Waals surface area contributed by atoms with Gasteiger partial charge in [-0.3, -0.25) is 9.52 Å². The molecule has 8 nitrogen and oxygen atoms in total. The molecule has 0 aliphatic heterocycles. The molecule has 11 heteroatoms. The second kappa shape index (κ2) is 10.9. The highest BCUT2D eigenvalue weighted by atomic mass is 35.5. The third-order valence-electron chi connectivity index (χ3n) is 7.13. The Hall–Kier alpha value is -3.70. The lowest BCUT2D eigenvalue weighted by atomic mass is 10.1. The van der Waals surface area contributed by atoms with E-state index >= 15 is 0 Å². The fraction of sp³-hybridized carbons (Fsp3) is 0.167. The topological polar surface area (TPSA) is 121 Å². The molecule has 1 aliphatic rings. The van der Waals surface area contributed by atoms with E-state index < -0.39 is 37.5 Å². The molecule has 0 aromatic heterocycles. The Balaban J connectivity index is 1.57. The van der Waals surface area contributed by atoms with Crippen molar-refractivity contribution in [3.63, 3.8) is 0 Å². The van der Waals surface area contributed by atoms with Gasteiger partial charge in [0.05, 0.1) is 11.2 Å². The number of carboxylic acid groups (broad SMARTS) is 1. The van der Waals surface area contributed by atoms with Gasteiger partial charge in [0, 0.05) is 23.2 Å². The maximum atomic E-state index is 14.2. The number of nitrogens with one attached hydrogen (secondary N) is 1. The number of aliphatic carboxylic acids is 1. The van der Waals surface area contributed by atoms with Gasteiger partial charge in [-0.05, 0) is 65.1 Å². The number of hydrogen-bond acceptors (Lipinski definition) is 5. The first-order valence-electron chi connectivity index (χ1n) is 12.6. The van der Waals surface area contributed by atoms with E-state index in [4.69, 9.17) is 11.6 Å². The number of hydrogen-bond donors (Lipinski definition) is 2. The monoisotopic (exact) mass is 610 g/mol. The number of benzene rings is 4. The third kappa shape index (κ3) is 6.01. The van der Waals surface area contributed by atoms with Crippen LogP contribution in [0.1, 0.15) is 23.5 Å². The van der Waals surface area contributed by atoms with Crippen LogP contribution in [0.25, 0.3) is 11.1 Å². The van der Waals surface area contributed by atoms with Crippen molar-refractivity contribution >= 4 is 43.3 Å². The smallest absolute Gasteiger partial charge is 0.325 e. The van der Waals surface area contributed by atoms with Gasteiger partial charge in [-0.15, -0.1) is 0 Å². The van der Waals surface area contributed by atoms with Crippen LogP contribution in [0, 0.1) is 0 Å². The van der Waals surface area contributed by atoms with E-state index in [2.05, 4.69) is 4.72 Å². The lowest BCUT2D eigenvalue weighted by Crippen LogP contribution is -2.48. The molecule has 212 valence electrons. The van der Waals surface area contributed by atoms with E-state index in [1.54, 1.807) is 60.7 Å². The number of sulfonamides is 2. The van der Waals surface area contributed by atoms with Gasteiger partial charge in [0.15, 0.2) is 0 Å². The molecule has 0 amide bonds. The summed E-state index contributed by atoms with van der Waals surface area (Å²) in [6.07, 6.45) is 1.11. The summed E-state index contributed by atoms with van der Waals surface area (Å²) in [7, 11) is -7.92. The minimum absolute atomic E-state index is 0.0556. The molecular weight excluding hydrogens is 584 g/mol. The van der Waals surface area contributed by atoms with Gasteiger partial charge < -0.3 is 5.11 Å². The summed E-state index contributed by atoms with van der Waals surface area (Å²) >= 11 is 5.99. The van der Waals surface area contributed by atoms with Crippen molar-refractivity contribution in [3.8, 4) is 11.1 Å². The second-order valence-electron chi connectivity index (χ2n) is 10.0. The van der Waals surface area contributed by atoms with Gasteiger partial charge in [-0.25, -0.2) is 16.8 Å². The molecule has 2 N–H and O–H groups in total. The first kappa shape index (κ1) is 28.8. The van der Waals surface area contributed by atoms with Crippen molar-refractivity contribution < 1.29 is 26.7 Å². The van der Waals surface area contributed by atoms with Crippen molar-refractivity contribution in [1.29, 1.82) is 0 Å². The molecule has 0 spiro atoms. The van der Waals surface area contributed by atoms with Crippen LogP contribution >= 0.6 is 11.6 Å². The van der Waals surface area contributed by atoms with Crippen LogP contribution in [0.5, 0.6) is 0 Å². The molecule has 5 rings (SSSR count). The molecule has 4 aromatic carbocycles. The van der Waals surface area contributed by atoms with Crippen molar-refractivity contribution in [2.75, 3.05) is 11.0 Å². The van der Waals surface area contributed by atoms with E-state index in [9.17, 15) is 26.7 Å². The van der Waals surface area contributed by atoms with E-state index in [-0.39, 0.29) is 23.5 Å². The molecule has 2 atom stereocenters. The molecule has 1 saturated carbocycles. The first-order valence-corrected chi connectivity index (χ1v) is 16.3. The Kier molecular flexibility index (Phi) is 7.69. The molecule has 1 fully saturated rings. The molecule has 0 saturated heterocycles. The molecule has 0 radical (unpaired) electrons. The summed E-state index contributed by atoms with van der Waals surface area (Å²) < 4.78 is 55.5. The van der Waals surface area contributed by atoms with Crippen molar-refractivity contribution in [3.05, 3.63) is 119 Å². The first-order chi connectivity index (χ1) is 19.4. The highest BCUT2D eigenvalue weighted by Gasteiger charge is 2.67. The quantitative estimate of drug-likeness (QED) is 0.242. The molecule has 0 heterocycles. The summed E-state index contributed by atoms with van der Waals surface area (Å²) in [5.74, 6) is -1.82. The van der Waals surface area contributed by atoms with Crippen LogP contribution < -0.4 is 4.72 Å². The Morgan fingerprint density at radius 3 is 2.10 bits per heavy atom. The standard InChI is InChI=1S/C30H27ClN2O6S2/c1-40(36,37)32-26-9-5-6-21(18-26)20-33(30(29(34)35)19-28(30)24-7-3-2-4-8-24)41(38,39)27-16-12-23(13-17-27)22-10-14-25(31)15-11-22/h2-18,28,32H,19-20H2,1H3,(H,34,35). The Labute approximate surface area is 244 Å². The third-order valence-corrected chi connectivity index (χ3v) is 9.89. The predicted octanol–water partition coefficient (Wildman–Crippen LogP) is 5.58. The van der Waals surface area contributed by atoms with Crippen molar-refractivity contribution in [1.82, 2.24) is 4.31 Å². The average molecular weight is 611 g/mol. The molecule has 0 bridgehead atoms. The van der Waals surface area contributed by atoms with Crippen LogP contribution in [0.4, 0.5) is 5.69 Å². The molecule has 2 unspecified atom stereocenters. The zero-order chi connectivity index (χ0) is 29.4. The Morgan fingerprint density at radius 1 is 0.902 bits per heavy atom. The van der Waals surface area contributed by atoms with Gasteiger partial charge in [0.2, 0.25) is 20.0 Å². The number of halogens is 1. The zero-order valence-electron chi connectivity index (χ0n) is 21.9. The van der Waals surface area contributed by atoms with Crippen molar-refractivity contribution in [2.45, 2.75) is 29.3 Å². The summed E-state index contributed by atoms with van der Waals surface area (Å²) in [4.78, 5) is 12.8. The number of rotatable bonds is 10. The van der Waals surface area contributed by atoms with Gasteiger partial charge in [-0.2, -0.15) is 4.31 Å². The summed E-state index contributed by atoms with van der Waals surface area (Å²) in [5, 5.41) is 11.1. The molecule has 1 aliphatic carbocycles. The minimum atomic E-state index is -4.34. The fourth-order valence-electron chi connectivity index (χ4n) is 5.09. The number of carbonyl (C=O) groups is 1. The van der Waals surface area contributed by atoms with Gasteiger partial charge >= 0.3 is 5.97 Å². The average Bonchev–Trinajstić information content (AvgIpc) is 3.69. The lowest BCUT2D eigenvalue weighted by molar-refractivity contribution is -0.143. The van der Waals surface area contributed by atoms with Crippen LogP contribution in [0.3, 0.4) is 0 Å². The Bertz CT molecular complexity index is 1800. The zero-order valence-corrected chi connectivity index (χ0v) is 24.3. The van der Waals surface area contributed by atoms with Crippen LogP contribution in [-0.4, -0.2) is 44.0 Å². The highest BCUT2D eigenvalue weighted by molar-refractivity contribution is 7.92. The highest BCUT2D eigenvalue weighted by Crippen LogP contribution is 2.57. The lowest BCUT2D eigenvalue weighted by Gasteiger charge is -2.30. The maximum absolute atomic E-state index is 14.2. The van der Waals surface area contributed by atoms with E-state index in [0.29, 0.717) is 10.6 Å². The second-order valence-corrected chi connectivity index (χ2v) is 14.1. The van der Waals surface area contributed by atoms with Crippen LogP contribution in [-0.2, 0) is 31.4 Å². The largest absolute Gasteiger partial charge is 0.480 e. The van der Waals surface area contributed by atoms with E-state index in [1.807, 2.05) is 18.2 Å². The molecular formula is C30H27ClN2O6S2. The maximum Gasteiger partial charge on any atom is 0.325 e. The predicted molar refractivity (Wildman–Crippen MR) is 159 cm³/mol. The van der Waals surface area contributed by atoms with E-state index in [1.165, 1.54) is 24.3 Å². The summed E-state index contributed by atoms with van der Waals surface area (Å²) in [5.41, 5.74) is 1.29. The van der Waals surface area contributed by atoms with Crippen LogP contribution in [0.2, 0.25) is 5.02 Å². The fourth-order valence-corrected chi connectivity index (χ4v) is 7.54. The number of carboxylic acids is 1. The SMILES string of the molecule is CS(=O)(=O)Nc1cccc(CN(C2(C(=O)O)CC2c2ccccc2)S(=O)(=O)c2ccc(-c3ccc(Cl)cc3)cc2)c1. The normalized spacial score (nSPS) is 18.7. The molecule has 4 aromatic rings.